The maximum absolute atomic E-state index is 12.2. The highest BCUT2D eigenvalue weighted by molar-refractivity contribution is 5.91. The molecule has 1 aliphatic heterocycles. The first-order chi connectivity index (χ1) is 13.2. The Morgan fingerprint density at radius 3 is 2.67 bits per heavy atom. The number of amides is 2. The van der Waals surface area contributed by atoms with E-state index in [1.807, 2.05) is 19.9 Å². The van der Waals surface area contributed by atoms with E-state index in [1.54, 1.807) is 32.4 Å². The van der Waals surface area contributed by atoms with Crippen molar-refractivity contribution in [1.29, 1.82) is 0 Å². The molecule has 0 fully saturated rings. The number of aryl methyl sites for hydroxylation is 1. The van der Waals surface area contributed by atoms with Crippen LogP contribution in [0.1, 0.15) is 25.8 Å². The van der Waals surface area contributed by atoms with Gasteiger partial charge in [0, 0.05) is 24.3 Å². The Bertz CT molecular complexity index is 749. The lowest BCUT2D eigenvalue weighted by Gasteiger charge is -2.27. The molecule has 0 aromatic heterocycles. The molecule has 0 saturated heterocycles. The second-order valence-electron chi connectivity index (χ2n) is 5.94. The lowest BCUT2D eigenvalue weighted by Crippen LogP contribution is -2.40. The average Bonchev–Trinajstić information content (AvgIpc) is 2.73. The van der Waals surface area contributed by atoms with Crippen LogP contribution in [0.25, 0.3) is 0 Å². The average molecular weight is 371 g/mol. The van der Waals surface area contributed by atoms with Gasteiger partial charge in [-0.25, -0.2) is 4.79 Å². The quantitative estimate of drug-likeness (QED) is 0.734. The summed E-state index contributed by atoms with van der Waals surface area (Å²) in [4.78, 5) is 12.2. The minimum atomic E-state index is -0.260. The topological polar surface area (TPSA) is 71.6 Å². The van der Waals surface area contributed by atoms with Crippen LogP contribution in [0.2, 0.25) is 0 Å². The van der Waals surface area contributed by atoms with Crippen LogP contribution in [0.15, 0.2) is 42.5 Å². The van der Waals surface area contributed by atoms with Crippen LogP contribution in [0.3, 0.4) is 0 Å². The lowest BCUT2D eigenvalue weighted by atomic mass is 9.98. The summed E-state index contributed by atoms with van der Waals surface area (Å²) in [7, 11) is 3.14. The Hall–Kier alpha value is -2.89. The van der Waals surface area contributed by atoms with Gasteiger partial charge in [0.05, 0.1) is 19.9 Å². The summed E-state index contributed by atoms with van der Waals surface area (Å²) in [5.41, 5.74) is 3.08. The summed E-state index contributed by atoms with van der Waals surface area (Å²) >= 11 is 0. The zero-order chi connectivity index (χ0) is 19.6. The lowest BCUT2D eigenvalue weighted by molar-refractivity contribution is 0.251. The molecule has 2 aromatic carbocycles. The minimum Gasteiger partial charge on any atom is -0.497 e. The van der Waals surface area contributed by atoms with Crippen molar-refractivity contribution >= 4 is 17.4 Å². The number of fused-ring (bicyclic) bond motifs is 1. The monoisotopic (exact) mass is 371 g/mol. The van der Waals surface area contributed by atoms with Crippen molar-refractivity contribution in [2.75, 3.05) is 31.4 Å². The highest BCUT2D eigenvalue weighted by atomic mass is 16.5. The second kappa shape index (κ2) is 10.3. The molecule has 2 amide bonds. The molecule has 146 valence electrons. The Morgan fingerprint density at radius 1 is 1.15 bits per heavy atom. The molecule has 6 nitrogen and oxygen atoms in total. The van der Waals surface area contributed by atoms with Gasteiger partial charge in [-0.3, -0.25) is 0 Å². The highest BCUT2D eigenvalue weighted by Gasteiger charge is 2.18. The van der Waals surface area contributed by atoms with Gasteiger partial charge < -0.3 is 25.4 Å². The maximum Gasteiger partial charge on any atom is 0.319 e. The smallest absolute Gasteiger partial charge is 0.319 e. The van der Waals surface area contributed by atoms with Gasteiger partial charge in [0.25, 0.3) is 0 Å². The number of rotatable bonds is 5. The molecule has 1 heterocycles. The minimum absolute atomic E-state index is 0.221. The van der Waals surface area contributed by atoms with Gasteiger partial charge in [-0.05, 0) is 36.6 Å². The number of urea groups is 1. The van der Waals surface area contributed by atoms with E-state index in [1.165, 1.54) is 5.56 Å². The largest absolute Gasteiger partial charge is 0.497 e. The SMILES string of the molecule is CC.COc1ccc(NC(=O)NCC2CCc3ccccc3N2)c(OC)c1. The molecule has 0 saturated carbocycles. The van der Waals surface area contributed by atoms with Crippen LogP contribution in [0.5, 0.6) is 11.5 Å². The Morgan fingerprint density at radius 2 is 1.93 bits per heavy atom. The number of nitrogens with one attached hydrogen (secondary N) is 3. The number of anilines is 2. The molecule has 1 aliphatic rings. The number of ether oxygens (including phenoxy) is 2. The number of benzene rings is 2. The molecule has 6 heteroatoms. The number of carbonyl (C=O) groups is 1. The molecule has 3 N–H and O–H groups in total. The summed E-state index contributed by atoms with van der Waals surface area (Å²) in [5.74, 6) is 1.23. The molecule has 1 atom stereocenters. The van der Waals surface area contributed by atoms with Gasteiger partial charge in [-0.1, -0.05) is 32.0 Å². The fourth-order valence-corrected chi connectivity index (χ4v) is 2.94. The summed E-state index contributed by atoms with van der Waals surface area (Å²) in [5, 5.41) is 9.20. The van der Waals surface area contributed by atoms with E-state index in [0.717, 1.165) is 18.5 Å². The third kappa shape index (κ3) is 5.54. The predicted molar refractivity (Wildman–Crippen MR) is 110 cm³/mol. The van der Waals surface area contributed by atoms with Crippen LogP contribution >= 0.6 is 0 Å². The van der Waals surface area contributed by atoms with Gasteiger partial charge in [0.15, 0.2) is 0 Å². The van der Waals surface area contributed by atoms with E-state index in [0.29, 0.717) is 23.7 Å². The molecule has 0 bridgehead atoms. The zero-order valence-electron chi connectivity index (χ0n) is 16.5. The molecule has 1 unspecified atom stereocenters. The van der Waals surface area contributed by atoms with Gasteiger partial charge in [0.2, 0.25) is 0 Å². The first kappa shape index (κ1) is 20.4. The fourth-order valence-electron chi connectivity index (χ4n) is 2.94. The molecule has 27 heavy (non-hydrogen) atoms. The number of hydrogen-bond acceptors (Lipinski definition) is 4. The highest BCUT2D eigenvalue weighted by Crippen LogP contribution is 2.29. The van der Waals surface area contributed by atoms with Gasteiger partial charge in [0.1, 0.15) is 11.5 Å². The summed E-state index contributed by atoms with van der Waals surface area (Å²) in [6.07, 6.45) is 2.01. The van der Waals surface area contributed by atoms with Crippen LogP contribution < -0.4 is 25.4 Å². The summed E-state index contributed by atoms with van der Waals surface area (Å²) in [6, 6.07) is 13.5. The Balaban J connectivity index is 0.00000126. The van der Waals surface area contributed by atoms with Crippen LogP contribution in [-0.2, 0) is 6.42 Å². The number of para-hydroxylation sites is 1. The Labute approximate surface area is 161 Å². The van der Waals surface area contributed by atoms with E-state index in [-0.39, 0.29) is 12.1 Å². The van der Waals surface area contributed by atoms with Crippen molar-refractivity contribution in [3.05, 3.63) is 48.0 Å². The predicted octanol–water partition coefficient (Wildman–Crippen LogP) is 4.28. The van der Waals surface area contributed by atoms with Gasteiger partial charge in [-0.15, -0.1) is 0 Å². The van der Waals surface area contributed by atoms with Gasteiger partial charge >= 0.3 is 6.03 Å². The van der Waals surface area contributed by atoms with Crippen molar-refractivity contribution in [2.24, 2.45) is 0 Å². The van der Waals surface area contributed by atoms with Crippen molar-refractivity contribution in [1.82, 2.24) is 5.32 Å². The van der Waals surface area contributed by atoms with Crippen LogP contribution in [0.4, 0.5) is 16.2 Å². The zero-order valence-corrected chi connectivity index (χ0v) is 16.5. The second-order valence-corrected chi connectivity index (χ2v) is 5.94. The standard InChI is InChI=1S/C19H23N3O3.C2H6/c1-24-15-9-10-17(18(11-15)25-2)22-19(23)20-12-14-8-7-13-5-3-4-6-16(13)21-14;1-2/h3-6,9-11,14,21H,7-8,12H2,1-2H3,(H2,20,22,23);1-2H3. The summed E-state index contributed by atoms with van der Waals surface area (Å²) in [6.45, 7) is 4.55. The first-order valence-corrected chi connectivity index (χ1v) is 9.31. The van der Waals surface area contributed by atoms with Crippen molar-refractivity contribution < 1.29 is 14.3 Å². The van der Waals surface area contributed by atoms with E-state index in [9.17, 15) is 4.79 Å². The normalized spacial score (nSPS) is 14.6. The van der Waals surface area contributed by atoms with E-state index in [2.05, 4.69) is 34.1 Å². The third-order valence-electron chi connectivity index (χ3n) is 4.31. The van der Waals surface area contributed by atoms with E-state index < -0.39 is 0 Å². The van der Waals surface area contributed by atoms with Crippen LogP contribution in [-0.4, -0.2) is 32.8 Å². The third-order valence-corrected chi connectivity index (χ3v) is 4.31. The van der Waals surface area contributed by atoms with Crippen molar-refractivity contribution in [3.63, 3.8) is 0 Å². The van der Waals surface area contributed by atoms with Crippen molar-refractivity contribution in [3.8, 4) is 11.5 Å². The molecule has 0 spiro atoms. The molecular weight excluding hydrogens is 342 g/mol. The summed E-state index contributed by atoms with van der Waals surface area (Å²) < 4.78 is 10.4. The molecule has 3 rings (SSSR count). The molecular formula is C21H29N3O3. The number of carbonyl (C=O) groups excluding carboxylic acids is 1. The fraction of sp³-hybridized carbons (Fsp3) is 0.381. The first-order valence-electron chi connectivity index (χ1n) is 9.31. The van der Waals surface area contributed by atoms with Gasteiger partial charge in [-0.2, -0.15) is 0 Å². The van der Waals surface area contributed by atoms with Crippen LogP contribution in [0, 0.1) is 0 Å². The molecule has 2 aromatic rings. The Kier molecular flexibility index (Phi) is 7.79. The molecule has 0 aliphatic carbocycles. The molecule has 0 radical (unpaired) electrons. The number of hydrogen-bond donors (Lipinski definition) is 3. The van der Waals surface area contributed by atoms with Crippen molar-refractivity contribution in [2.45, 2.75) is 32.7 Å². The number of methoxy groups -OCH3 is 2. The van der Waals surface area contributed by atoms with E-state index >= 15 is 0 Å². The maximum atomic E-state index is 12.2. The van der Waals surface area contributed by atoms with E-state index in [4.69, 9.17) is 9.47 Å².